The molecule has 0 saturated carbocycles. The summed E-state index contributed by atoms with van der Waals surface area (Å²) in [7, 11) is 0. The van der Waals surface area contributed by atoms with Crippen molar-refractivity contribution in [2.45, 2.75) is 24.8 Å². The van der Waals surface area contributed by atoms with Crippen LogP contribution in [0, 0.1) is 5.82 Å². The number of hydrogen-bond donors (Lipinski definition) is 1. The number of carbonyl (C=O) groups excluding carboxylic acids is 2. The first-order chi connectivity index (χ1) is 11.5. The lowest BCUT2D eigenvalue weighted by Gasteiger charge is -2.11. The molecular formula is C18H18FNO3S. The van der Waals surface area contributed by atoms with E-state index in [1.807, 2.05) is 0 Å². The Labute approximate surface area is 144 Å². The van der Waals surface area contributed by atoms with E-state index in [1.165, 1.54) is 36.0 Å². The largest absolute Gasteiger partial charge is 0.459 e. The van der Waals surface area contributed by atoms with Crippen molar-refractivity contribution in [3.8, 4) is 0 Å². The quantitative estimate of drug-likeness (QED) is 0.631. The number of nitrogens with one attached hydrogen (secondary N) is 1. The number of halogens is 1. The predicted molar refractivity (Wildman–Crippen MR) is 92.7 cm³/mol. The summed E-state index contributed by atoms with van der Waals surface area (Å²) in [4.78, 5) is 24.7. The molecule has 0 unspecified atom stereocenters. The molecule has 2 rings (SSSR count). The maximum atomic E-state index is 12.8. The maximum absolute atomic E-state index is 12.8. The highest BCUT2D eigenvalue weighted by Gasteiger charge is 2.15. The number of rotatable bonds is 6. The van der Waals surface area contributed by atoms with Crippen LogP contribution >= 0.6 is 11.8 Å². The molecule has 126 valence electrons. The van der Waals surface area contributed by atoms with Gasteiger partial charge in [-0.25, -0.2) is 9.18 Å². The third-order valence-electron chi connectivity index (χ3n) is 2.94. The summed E-state index contributed by atoms with van der Waals surface area (Å²) in [6, 6.07) is 12.5. The van der Waals surface area contributed by atoms with Crippen LogP contribution in [0.25, 0.3) is 0 Å². The molecule has 0 bridgehead atoms. The van der Waals surface area contributed by atoms with E-state index < -0.39 is 5.97 Å². The minimum Gasteiger partial charge on any atom is -0.459 e. The van der Waals surface area contributed by atoms with Crippen LogP contribution in [0.5, 0.6) is 0 Å². The van der Waals surface area contributed by atoms with Crippen LogP contribution in [0.3, 0.4) is 0 Å². The molecular weight excluding hydrogens is 329 g/mol. The SMILES string of the molecule is CC(C)OC(=O)c1ccccc1SCC(=O)Nc1ccc(F)cc1. The van der Waals surface area contributed by atoms with E-state index >= 15 is 0 Å². The average Bonchev–Trinajstić information content (AvgIpc) is 2.55. The molecule has 0 fully saturated rings. The van der Waals surface area contributed by atoms with Gasteiger partial charge in [-0.05, 0) is 50.2 Å². The number of thioether (sulfide) groups is 1. The van der Waals surface area contributed by atoms with Crippen molar-refractivity contribution in [2.75, 3.05) is 11.1 Å². The van der Waals surface area contributed by atoms with Gasteiger partial charge in [-0.3, -0.25) is 4.79 Å². The average molecular weight is 347 g/mol. The summed E-state index contributed by atoms with van der Waals surface area (Å²) >= 11 is 1.25. The van der Waals surface area contributed by atoms with Crippen molar-refractivity contribution >= 4 is 29.3 Å². The number of ether oxygens (including phenoxy) is 1. The number of esters is 1. The zero-order valence-corrected chi connectivity index (χ0v) is 14.2. The van der Waals surface area contributed by atoms with Gasteiger partial charge in [0.2, 0.25) is 5.91 Å². The van der Waals surface area contributed by atoms with Crippen LogP contribution in [0.4, 0.5) is 10.1 Å². The van der Waals surface area contributed by atoms with Gasteiger partial charge in [0.05, 0.1) is 17.4 Å². The van der Waals surface area contributed by atoms with Crippen molar-refractivity contribution < 1.29 is 18.7 Å². The Kier molecular flexibility index (Phi) is 6.37. The molecule has 6 heteroatoms. The first-order valence-corrected chi connectivity index (χ1v) is 8.42. The highest BCUT2D eigenvalue weighted by Crippen LogP contribution is 2.24. The minimum atomic E-state index is -0.410. The van der Waals surface area contributed by atoms with E-state index in [0.29, 0.717) is 16.1 Å². The molecule has 1 amide bonds. The minimum absolute atomic E-state index is 0.128. The normalized spacial score (nSPS) is 10.5. The molecule has 1 N–H and O–H groups in total. The number of carbonyl (C=O) groups is 2. The molecule has 4 nitrogen and oxygen atoms in total. The molecule has 0 saturated heterocycles. The molecule has 0 aromatic heterocycles. The van der Waals surface area contributed by atoms with Crippen LogP contribution in [-0.2, 0) is 9.53 Å². The molecule has 2 aromatic rings. The van der Waals surface area contributed by atoms with Gasteiger partial charge in [0.25, 0.3) is 0 Å². The van der Waals surface area contributed by atoms with Gasteiger partial charge in [-0.15, -0.1) is 11.8 Å². The van der Waals surface area contributed by atoms with Gasteiger partial charge < -0.3 is 10.1 Å². The van der Waals surface area contributed by atoms with Crippen LogP contribution in [0.15, 0.2) is 53.4 Å². The predicted octanol–water partition coefficient (Wildman–Crippen LogP) is 4.12. The van der Waals surface area contributed by atoms with Gasteiger partial charge in [-0.2, -0.15) is 0 Å². The fourth-order valence-electron chi connectivity index (χ4n) is 1.91. The van der Waals surface area contributed by atoms with Gasteiger partial charge in [0.1, 0.15) is 5.82 Å². The summed E-state index contributed by atoms with van der Waals surface area (Å²) in [5.74, 6) is -0.880. The molecule has 0 aliphatic rings. The van der Waals surface area contributed by atoms with E-state index in [9.17, 15) is 14.0 Å². The lowest BCUT2D eigenvalue weighted by atomic mass is 10.2. The second-order valence-electron chi connectivity index (χ2n) is 5.29. The Bertz CT molecular complexity index is 716. The third-order valence-corrected chi connectivity index (χ3v) is 4.01. The molecule has 0 heterocycles. The molecule has 0 atom stereocenters. The number of anilines is 1. The van der Waals surface area contributed by atoms with Gasteiger partial charge in [-0.1, -0.05) is 12.1 Å². The lowest BCUT2D eigenvalue weighted by molar-refractivity contribution is -0.113. The Balaban J connectivity index is 1.97. The Hall–Kier alpha value is -2.34. The van der Waals surface area contributed by atoms with Crippen molar-refractivity contribution in [3.05, 3.63) is 59.9 Å². The van der Waals surface area contributed by atoms with E-state index in [0.717, 1.165) is 0 Å². The van der Waals surface area contributed by atoms with Crippen LogP contribution in [-0.4, -0.2) is 23.7 Å². The number of amides is 1. The van der Waals surface area contributed by atoms with Gasteiger partial charge in [0.15, 0.2) is 0 Å². The second kappa shape index (κ2) is 8.49. The van der Waals surface area contributed by atoms with Gasteiger partial charge in [0, 0.05) is 10.6 Å². The van der Waals surface area contributed by atoms with E-state index in [4.69, 9.17) is 4.74 Å². The zero-order valence-electron chi connectivity index (χ0n) is 13.4. The third kappa shape index (κ3) is 5.38. The highest BCUT2D eigenvalue weighted by molar-refractivity contribution is 8.00. The molecule has 24 heavy (non-hydrogen) atoms. The van der Waals surface area contributed by atoms with E-state index in [-0.39, 0.29) is 23.6 Å². The van der Waals surface area contributed by atoms with Crippen molar-refractivity contribution in [1.29, 1.82) is 0 Å². The van der Waals surface area contributed by atoms with Crippen molar-refractivity contribution in [1.82, 2.24) is 0 Å². The summed E-state index contributed by atoms with van der Waals surface area (Å²) in [6.07, 6.45) is -0.211. The Morgan fingerprint density at radius 2 is 1.79 bits per heavy atom. The molecule has 0 aliphatic heterocycles. The standard InChI is InChI=1S/C18H18FNO3S/c1-12(2)23-18(22)15-5-3-4-6-16(15)24-11-17(21)20-14-9-7-13(19)8-10-14/h3-10,12H,11H2,1-2H3,(H,20,21). The van der Waals surface area contributed by atoms with Crippen molar-refractivity contribution in [2.24, 2.45) is 0 Å². The highest BCUT2D eigenvalue weighted by atomic mass is 32.2. The first-order valence-electron chi connectivity index (χ1n) is 7.44. The summed E-state index contributed by atoms with van der Waals surface area (Å²) in [6.45, 7) is 3.56. The van der Waals surface area contributed by atoms with Crippen LogP contribution in [0.1, 0.15) is 24.2 Å². The molecule has 2 aromatic carbocycles. The molecule has 0 spiro atoms. The topological polar surface area (TPSA) is 55.4 Å². The first kappa shape index (κ1) is 18.0. The smallest absolute Gasteiger partial charge is 0.339 e. The number of benzene rings is 2. The van der Waals surface area contributed by atoms with Crippen LogP contribution in [0.2, 0.25) is 0 Å². The van der Waals surface area contributed by atoms with E-state index in [1.54, 1.807) is 38.1 Å². The molecule has 0 aliphatic carbocycles. The lowest BCUT2D eigenvalue weighted by Crippen LogP contribution is -2.15. The van der Waals surface area contributed by atoms with Gasteiger partial charge >= 0.3 is 5.97 Å². The maximum Gasteiger partial charge on any atom is 0.339 e. The Morgan fingerprint density at radius 1 is 1.12 bits per heavy atom. The number of hydrogen-bond acceptors (Lipinski definition) is 4. The van der Waals surface area contributed by atoms with Crippen molar-refractivity contribution in [3.63, 3.8) is 0 Å². The summed E-state index contributed by atoms with van der Waals surface area (Å²) in [5, 5.41) is 2.68. The zero-order chi connectivity index (χ0) is 17.5. The fourth-order valence-corrected chi connectivity index (χ4v) is 2.75. The second-order valence-corrected chi connectivity index (χ2v) is 6.31. The summed E-state index contributed by atoms with van der Waals surface area (Å²) in [5.41, 5.74) is 0.959. The van der Waals surface area contributed by atoms with E-state index in [2.05, 4.69) is 5.32 Å². The fraction of sp³-hybridized carbons (Fsp3) is 0.222. The summed E-state index contributed by atoms with van der Waals surface area (Å²) < 4.78 is 18.0. The van der Waals surface area contributed by atoms with Crippen LogP contribution < -0.4 is 5.32 Å². The molecule has 0 radical (unpaired) electrons. The Morgan fingerprint density at radius 3 is 2.46 bits per heavy atom. The monoisotopic (exact) mass is 347 g/mol.